The molecule has 2 amide bonds. The number of rotatable bonds is 4. The number of carbonyl (C=O) groups is 2. The third kappa shape index (κ3) is 4.67. The summed E-state index contributed by atoms with van der Waals surface area (Å²) < 4.78 is 5.07. The molecule has 2 fully saturated rings. The van der Waals surface area contributed by atoms with Crippen LogP contribution >= 0.6 is 12.2 Å². The Labute approximate surface area is 168 Å². The first-order valence-electron chi connectivity index (χ1n) is 9.84. The topological polar surface area (TPSA) is 49.9 Å². The Bertz CT molecular complexity index is 631. The molecule has 0 aromatic heterocycles. The van der Waals surface area contributed by atoms with Crippen molar-refractivity contribution in [3.05, 3.63) is 36.1 Å². The van der Waals surface area contributed by atoms with Gasteiger partial charge in [0.05, 0.1) is 6.61 Å². The van der Waals surface area contributed by atoms with Gasteiger partial charge in [0.1, 0.15) is 5.54 Å². The molecule has 1 aliphatic heterocycles. The molecule has 150 valence electrons. The molecule has 1 heterocycles. The second-order valence-corrected chi connectivity index (χ2v) is 6.53. The number of nitrogens with zero attached hydrogens (tertiary/aromatic N) is 2. The van der Waals surface area contributed by atoms with Crippen LogP contribution in [0.25, 0.3) is 0 Å². The van der Waals surface area contributed by atoms with Gasteiger partial charge in [-0.1, -0.05) is 51.3 Å². The fourth-order valence-electron chi connectivity index (χ4n) is 3.52. The zero-order valence-corrected chi connectivity index (χ0v) is 18.0. The number of allylic oxidation sites excluding steroid dienone is 5. The summed E-state index contributed by atoms with van der Waals surface area (Å²) in [4.78, 5) is 28.5. The number of hydrogen-bond donors (Lipinski definition) is 0. The maximum absolute atomic E-state index is 13.2. The van der Waals surface area contributed by atoms with Gasteiger partial charge in [-0.3, -0.25) is 4.79 Å². The highest BCUT2D eigenvalue weighted by atomic mass is 32.1. The standard InChI is InChI=1S/C19H26N2O3S.C2H6/c1-4-7-12-15(11-5-2)21-17(25)20(18(23)24-6-3)16(22)19(21)13-9-8-10-14-19;1-2/h4-5,7,11-12H,6,8-10,13-14H2,1-3H3;1-2H3/b7-4-,11-5-,15-12+;. The largest absolute Gasteiger partial charge is 0.449 e. The third-order valence-corrected chi connectivity index (χ3v) is 4.96. The van der Waals surface area contributed by atoms with Gasteiger partial charge in [0.15, 0.2) is 5.11 Å². The first-order valence-corrected chi connectivity index (χ1v) is 10.3. The zero-order chi connectivity index (χ0) is 20.4. The van der Waals surface area contributed by atoms with Gasteiger partial charge in [-0.25, -0.2) is 4.79 Å². The van der Waals surface area contributed by atoms with Crippen LogP contribution in [-0.2, 0) is 9.53 Å². The molecule has 27 heavy (non-hydrogen) atoms. The van der Waals surface area contributed by atoms with Crippen LogP contribution in [-0.4, -0.2) is 39.1 Å². The van der Waals surface area contributed by atoms with Crippen molar-refractivity contribution in [2.75, 3.05) is 6.61 Å². The molecule has 0 atom stereocenters. The molecule has 6 heteroatoms. The summed E-state index contributed by atoms with van der Waals surface area (Å²) in [5.74, 6) is -0.258. The van der Waals surface area contributed by atoms with E-state index < -0.39 is 11.6 Å². The van der Waals surface area contributed by atoms with E-state index in [0.717, 1.165) is 29.9 Å². The van der Waals surface area contributed by atoms with Crippen LogP contribution < -0.4 is 0 Å². The highest BCUT2D eigenvalue weighted by molar-refractivity contribution is 7.80. The second-order valence-electron chi connectivity index (χ2n) is 6.17. The minimum absolute atomic E-state index is 0.203. The lowest BCUT2D eigenvalue weighted by Gasteiger charge is -2.39. The van der Waals surface area contributed by atoms with Crippen LogP contribution in [0.5, 0.6) is 0 Å². The average Bonchev–Trinajstić information content (AvgIpc) is 2.88. The van der Waals surface area contributed by atoms with Gasteiger partial charge >= 0.3 is 6.09 Å². The van der Waals surface area contributed by atoms with Gasteiger partial charge < -0.3 is 9.64 Å². The van der Waals surface area contributed by atoms with Crippen LogP contribution in [0, 0.1) is 0 Å². The minimum Gasteiger partial charge on any atom is -0.449 e. The second kappa shape index (κ2) is 11.0. The molecule has 0 N–H and O–H groups in total. The molecule has 0 unspecified atom stereocenters. The maximum Gasteiger partial charge on any atom is 0.423 e. The summed E-state index contributed by atoms with van der Waals surface area (Å²) in [6.45, 7) is 9.76. The lowest BCUT2D eigenvalue weighted by Crippen LogP contribution is -2.50. The predicted octanol–water partition coefficient (Wildman–Crippen LogP) is 5.34. The molecule has 1 saturated carbocycles. The van der Waals surface area contributed by atoms with Crippen molar-refractivity contribution >= 4 is 29.3 Å². The van der Waals surface area contributed by atoms with Crippen molar-refractivity contribution in [2.45, 2.75) is 72.3 Å². The van der Waals surface area contributed by atoms with E-state index in [4.69, 9.17) is 17.0 Å². The predicted molar refractivity (Wildman–Crippen MR) is 113 cm³/mol. The van der Waals surface area contributed by atoms with Gasteiger partial charge in [-0.05, 0) is 58.0 Å². The quantitative estimate of drug-likeness (QED) is 0.477. The molecular formula is C21H32N2O3S. The van der Waals surface area contributed by atoms with E-state index in [1.165, 1.54) is 0 Å². The van der Waals surface area contributed by atoms with Crippen molar-refractivity contribution in [1.29, 1.82) is 0 Å². The minimum atomic E-state index is -0.783. The fraction of sp³-hybridized carbons (Fsp3) is 0.571. The van der Waals surface area contributed by atoms with E-state index in [1.54, 1.807) is 6.92 Å². The molecule has 0 bridgehead atoms. The summed E-state index contributed by atoms with van der Waals surface area (Å²) in [7, 11) is 0. The van der Waals surface area contributed by atoms with Crippen LogP contribution in [0.2, 0.25) is 0 Å². The smallest absolute Gasteiger partial charge is 0.423 e. The van der Waals surface area contributed by atoms with Crippen LogP contribution in [0.3, 0.4) is 0 Å². The Balaban J connectivity index is 0.00000176. The zero-order valence-electron chi connectivity index (χ0n) is 17.2. The van der Waals surface area contributed by atoms with Crippen molar-refractivity contribution < 1.29 is 14.3 Å². The molecule has 1 aliphatic carbocycles. The van der Waals surface area contributed by atoms with E-state index >= 15 is 0 Å². The lowest BCUT2D eigenvalue weighted by molar-refractivity contribution is -0.133. The third-order valence-electron chi connectivity index (χ3n) is 4.60. The van der Waals surface area contributed by atoms with Crippen LogP contribution in [0.1, 0.15) is 66.7 Å². The maximum atomic E-state index is 13.2. The van der Waals surface area contributed by atoms with Crippen molar-refractivity contribution in [1.82, 2.24) is 9.80 Å². The Morgan fingerprint density at radius 3 is 2.33 bits per heavy atom. The molecule has 1 saturated heterocycles. The molecule has 0 radical (unpaired) electrons. The molecule has 0 aromatic rings. The number of hydrogen-bond acceptors (Lipinski definition) is 4. The highest BCUT2D eigenvalue weighted by Gasteiger charge is 2.58. The molecular weight excluding hydrogens is 360 g/mol. The molecule has 1 spiro atoms. The Morgan fingerprint density at radius 2 is 1.81 bits per heavy atom. The summed E-state index contributed by atoms with van der Waals surface area (Å²) >= 11 is 5.56. The highest BCUT2D eigenvalue weighted by Crippen LogP contribution is 2.43. The first-order chi connectivity index (χ1) is 13.0. The first kappa shape index (κ1) is 23.1. The van der Waals surface area contributed by atoms with E-state index in [-0.39, 0.29) is 17.6 Å². The number of thiocarbonyl (C=S) groups is 1. The molecule has 5 nitrogen and oxygen atoms in total. The Morgan fingerprint density at radius 1 is 1.19 bits per heavy atom. The van der Waals surface area contributed by atoms with Crippen LogP contribution in [0.15, 0.2) is 36.1 Å². The fourth-order valence-corrected chi connectivity index (χ4v) is 3.96. The van der Waals surface area contributed by atoms with E-state index in [9.17, 15) is 9.59 Å². The number of imide groups is 1. The number of carbonyl (C=O) groups excluding carboxylic acids is 2. The SMILES string of the molecule is CC.C\C=C/C=C(\C=C/C)N1C(=S)N(C(=O)OCC)C(=O)C12CCCCC2. The van der Waals surface area contributed by atoms with Gasteiger partial charge in [0.2, 0.25) is 0 Å². The summed E-state index contributed by atoms with van der Waals surface area (Å²) in [5, 5.41) is 0.208. The number of ether oxygens (including phenoxy) is 1. The molecule has 2 aliphatic rings. The Kier molecular flexibility index (Phi) is 9.43. The van der Waals surface area contributed by atoms with Gasteiger partial charge in [0.25, 0.3) is 5.91 Å². The average molecular weight is 393 g/mol. The number of amides is 2. The van der Waals surface area contributed by atoms with Gasteiger partial charge in [-0.2, -0.15) is 4.90 Å². The lowest BCUT2D eigenvalue weighted by atomic mass is 9.80. The molecule has 0 aromatic carbocycles. The van der Waals surface area contributed by atoms with E-state index in [1.807, 2.05) is 63.0 Å². The monoisotopic (exact) mass is 392 g/mol. The molecule has 2 rings (SSSR count). The summed E-state index contributed by atoms with van der Waals surface area (Å²) in [6.07, 6.45) is 13.2. The summed E-state index contributed by atoms with van der Waals surface area (Å²) in [5.41, 5.74) is 0.0299. The van der Waals surface area contributed by atoms with Crippen molar-refractivity contribution in [3.63, 3.8) is 0 Å². The van der Waals surface area contributed by atoms with E-state index in [0.29, 0.717) is 12.8 Å². The van der Waals surface area contributed by atoms with Gasteiger partial charge in [0, 0.05) is 5.70 Å². The van der Waals surface area contributed by atoms with Crippen LogP contribution in [0.4, 0.5) is 4.79 Å². The Hall–Kier alpha value is -1.95. The van der Waals surface area contributed by atoms with Crippen molar-refractivity contribution in [3.8, 4) is 0 Å². The van der Waals surface area contributed by atoms with Gasteiger partial charge in [-0.15, -0.1) is 0 Å². The van der Waals surface area contributed by atoms with E-state index in [2.05, 4.69) is 0 Å². The normalized spacial score (nSPS) is 19.8. The van der Waals surface area contributed by atoms with Crippen molar-refractivity contribution in [2.24, 2.45) is 0 Å². The summed E-state index contributed by atoms with van der Waals surface area (Å²) in [6, 6.07) is 0.